The molecule has 0 radical (unpaired) electrons. The summed E-state index contributed by atoms with van der Waals surface area (Å²) in [7, 11) is -3.54. The van der Waals surface area contributed by atoms with Gasteiger partial charge < -0.3 is 18.1 Å². The summed E-state index contributed by atoms with van der Waals surface area (Å²) >= 11 is 11.2. The molecule has 1 N–H and O–H groups in total. The van der Waals surface area contributed by atoms with Gasteiger partial charge in [0.25, 0.3) is 0 Å². The van der Waals surface area contributed by atoms with E-state index in [1.807, 2.05) is 0 Å². The zero-order valence-electron chi connectivity index (χ0n) is 8.50. The lowest BCUT2D eigenvalue weighted by molar-refractivity contribution is -0.0207. The number of halogens is 2. The van der Waals surface area contributed by atoms with Crippen LogP contribution < -0.4 is 0 Å². The standard InChI is InChI=1S/C7H16Cl2O4Si/c1-4-11-14(10,12-5-2)13-6(3)7(8)9/h6-7,10H,4-5H2,1-3H3. The highest BCUT2D eigenvalue weighted by molar-refractivity contribution is 6.52. The van der Waals surface area contributed by atoms with Crippen molar-refractivity contribution in [1.82, 2.24) is 0 Å². The summed E-state index contributed by atoms with van der Waals surface area (Å²) in [5.74, 6) is 0. The number of hydrogen-bond acceptors (Lipinski definition) is 4. The minimum Gasteiger partial charge on any atom is -0.367 e. The van der Waals surface area contributed by atoms with Crippen molar-refractivity contribution in [2.75, 3.05) is 13.2 Å². The van der Waals surface area contributed by atoms with E-state index in [2.05, 4.69) is 0 Å². The lowest BCUT2D eigenvalue weighted by Gasteiger charge is -2.25. The van der Waals surface area contributed by atoms with Gasteiger partial charge in [-0.05, 0) is 20.8 Å². The third-order valence-corrected chi connectivity index (χ3v) is 4.03. The minimum absolute atomic E-state index is 0.310. The van der Waals surface area contributed by atoms with Crippen LogP contribution >= 0.6 is 23.2 Å². The van der Waals surface area contributed by atoms with Crippen molar-refractivity contribution in [2.24, 2.45) is 0 Å². The molecule has 0 aromatic carbocycles. The molecule has 0 spiro atoms. The van der Waals surface area contributed by atoms with Crippen molar-refractivity contribution in [3.8, 4) is 0 Å². The Bertz CT molecular complexity index is 153. The summed E-state index contributed by atoms with van der Waals surface area (Å²) in [6, 6.07) is 0. The molecule has 0 bridgehead atoms. The normalized spacial score (nSPS) is 14.8. The topological polar surface area (TPSA) is 47.9 Å². The predicted octanol–water partition coefficient (Wildman–Crippen LogP) is 1.70. The van der Waals surface area contributed by atoms with E-state index in [1.54, 1.807) is 20.8 Å². The summed E-state index contributed by atoms with van der Waals surface area (Å²) in [4.78, 5) is 9.06. The Morgan fingerprint density at radius 1 is 1.21 bits per heavy atom. The molecular weight excluding hydrogens is 247 g/mol. The Kier molecular flexibility index (Phi) is 7.32. The summed E-state index contributed by atoms with van der Waals surface area (Å²) < 4.78 is 15.2. The Morgan fingerprint density at radius 3 is 1.93 bits per heavy atom. The Morgan fingerprint density at radius 2 is 1.64 bits per heavy atom. The van der Waals surface area contributed by atoms with Crippen LogP contribution in [0.5, 0.6) is 0 Å². The first kappa shape index (κ1) is 14.6. The first-order valence-corrected chi connectivity index (χ1v) is 6.96. The first-order chi connectivity index (χ1) is 6.45. The fraction of sp³-hybridized carbons (Fsp3) is 1.00. The summed E-state index contributed by atoms with van der Waals surface area (Å²) in [5.41, 5.74) is 0. The molecule has 0 aromatic heterocycles. The molecule has 0 amide bonds. The van der Waals surface area contributed by atoms with E-state index >= 15 is 0 Å². The quantitative estimate of drug-likeness (QED) is 0.561. The molecular formula is C7H16Cl2O4Si. The average Bonchev–Trinajstić information content (AvgIpc) is 2.04. The summed E-state index contributed by atoms with van der Waals surface area (Å²) in [5, 5.41) is 0. The largest absolute Gasteiger partial charge is 0.677 e. The van der Waals surface area contributed by atoms with Crippen LogP contribution in [0, 0.1) is 0 Å². The summed E-state index contributed by atoms with van der Waals surface area (Å²) in [6.07, 6.45) is -0.534. The fourth-order valence-electron chi connectivity index (χ4n) is 0.761. The van der Waals surface area contributed by atoms with Crippen LogP contribution in [-0.4, -0.2) is 38.0 Å². The number of alkyl halides is 2. The van der Waals surface area contributed by atoms with E-state index in [0.29, 0.717) is 13.2 Å². The average molecular weight is 263 g/mol. The lowest BCUT2D eigenvalue weighted by Crippen LogP contribution is -2.49. The third kappa shape index (κ3) is 5.50. The van der Waals surface area contributed by atoms with Crippen LogP contribution in [0.25, 0.3) is 0 Å². The SMILES string of the molecule is CCO[Si](O)(OCC)OC(C)C(Cl)Cl. The van der Waals surface area contributed by atoms with Crippen LogP contribution in [-0.2, 0) is 13.3 Å². The van der Waals surface area contributed by atoms with Gasteiger partial charge in [-0.15, -0.1) is 23.2 Å². The van der Waals surface area contributed by atoms with Crippen molar-refractivity contribution in [3.63, 3.8) is 0 Å². The number of hydrogen-bond donors (Lipinski definition) is 1. The van der Waals surface area contributed by atoms with Gasteiger partial charge in [-0.1, -0.05) is 0 Å². The van der Waals surface area contributed by atoms with Gasteiger partial charge in [0, 0.05) is 13.2 Å². The van der Waals surface area contributed by atoms with E-state index in [4.69, 9.17) is 36.5 Å². The maximum Gasteiger partial charge on any atom is 0.677 e. The molecule has 0 fully saturated rings. The van der Waals surface area contributed by atoms with Crippen molar-refractivity contribution in [2.45, 2.75) is 31.7 Å². The molecule has 86 valence electrons. The molecule has 0 aliphatic carbocycles. The molecule has 0 heterocycles. The monoisotopic (exact) mass is 262 g/mol. The van der Waals surface area contributed by atoms with Crippen molar-refractivity contribution in [1.29, 1.82) is 0 Å². The van der Waals surface area contributed by atoms with Gasteiger partial charge in [-0.2, -0.15) is 0 Å². The molecule has 1 atom stereocenters. The van der Waals surface area contributed by atoms with Crippen LogP contribution in [0.3, 0.4) is 0 Å². The van der Waals surface area contributed by atoms with Gasteiger partial charge in [0.15, 0.2) is 0 Å². The zero-order chi connectivity index (χ0) is 11.2. The smallest absolute Gasteiger partial charge is 0.367 e. The van der Waals surface area contributed by atoms with E-state index in [-0.39, 0.29) is 0 Å². The second-order valence-electron chi connectivity index (χ2n) is 2.55. The fourth-order valence-corrected chi connectivity index (χ4v) is 2.59. The van der Waals surface area contributed by atoms with Crippen molar-refractivity contribution >= 4 is 32.2 Å². The van der Waals surface area contributed by atoms with E-state index in [9.17, 15) is 4.80 Å². The Labute approximate surface area is 95.5 Å². The Hall–Kier alpha value is 0.637. The highest BCUT2D eigenvalue weighted by atomic mass is 35.5. The van der Waals surface area contributed by atoms with Crippen LogP contribution in [0.15, 0.2) is 0 Å². The van der Waals surface area contributed by atoms with Crippen LogP contribution in [0.2, 0.25) is 0 Å². The molecule has 0 aromatic rings. The first-order valence-electron chi connectivity index (χ1n) is 4.41. The molecule has 0 rings (SSSR count). The van der Waals surface area contributed by atoms with Gasteiger partial charge in [-0.3, -0.25) is 0 Å². The molecule has 7 heteroatoms. The minimum atomic E-state index is -3.54. The second-order valence-corrected chi connectivity index (χ2v) is 5.57. The highest BCUT2D eigenvalue weighted by Crippen LogP contribution is 2.16. The van der Waals surface area contributed by atoms with Gasteiger partial charge in [0.2, 0.25) is 0 Å². The number of rotatable bonds is 7. The Balaban J connectivity index is 4.20. The maximum absolute atomic E-state index is 9.79. The van der Waals surface area contributed by atoms with Crippen LogP contribution in [0.1, 0.15) is 20.8 Å². The molecule has 0 aliphatic rings. The van der Waals surface area contributed by atoms with E-state index < -0.39 is 20.0 Å². The van der Waals surface area contributed by atoms with E-state index in [0.717, 1.165) is 0 Å². The molecule has 0 aliphatic heterocycles. The van der Waals surface area contributed by atoms with E-state index in [1.165, 1.54) is 0 Å². The van der Waals surface area contributed by atoms with Gasteiger partial charge in [-0.25, -0.2) is 0 Å². The second kappa shape index (κ2) is 7.00. The summed E-state index contributed by atoms with van der Waals surface area (Å²) in [6.45, 7) is 5.74. The maximum atomic E-state index is 9.79. The lowest BCUT2D eigenvalue weighted by atomic mass is 10.5. The molecule has 0 saturated heterocycles. The molecule has 1 unspecified atom stereocenters. The molecule has 4 nitrogen and oxygen atoms in total. The molecule has 0 saturated carbocycles. The third-order valence-electron chi connectivity index (χ3n) is 1.34. The van der Waals surface area contributed by atoms with Crippen LogP contribution in [0.4, 0.5) is 0 Å². The molecule has 14 heavy (non-hydrogen) atoms. The van der Waals surface area contributed by atoms with Gasteiger partial charge in [0.1, 0.15) is 4.84 Å². The zero-order valence-corrected chi connectivity index (χ0v) is 11.0. The van der Waals surface area contributed by atoms with Gasteiger partial charge >= 0.3 is 9.05 Å². The van der Waals surface area contributed by atoms with Crippen molar-refractivity contribution in [3.05, 3.63) is 0 Å². The predicted molar refractivity (Wildman–Crippen MR) is 57.3 cm³/mol. The van der Waals surface area contributed by atoms with Crippen molar-refractivity contribution < 1.29 is 18.1 Å². The van der Waals surface area contributed by atoms with Gasteiger partial charge in [0.05, 0.1) is 6.10 Å². The highest BCUT2D eigenvalue weighted by Gasteiger charge is 2.43.